The molecule has 0 aliphatic carbocycles. The number of likely N-dealkylation sites (tertiary alicyclic amines) is 1. The van der Waals surface area contributed by atoms with Crippen LogP contribution in [0.5, 0.6) is 0 Å². The van der Waals surface area contributed by atoms with Crippen molar-refractivity contribution < 1.29 is 9.21 Å². The minimum Gasteiger partial charge on any atom is -0.420 e. The summed E-state index contributed by atoms with van der Waals surface area (Å²) in [5.41, 5.74) is 2.30. The number of aromatic nitrogens is 4. The number of aryl methyl sites for hydroxylation is 1. The number of nitrogens with zero attached hydrogens (tertiary/aromatic N) is 5. The minimum absolute atomic E-state index is 0.0337. The number of carbonyl (C=O) groups excluding carboxylic acids is 1. The number of carbonyl (C=O) groups is 1. The van der Waals surface area contributed by atoms with Crippen LogP contribution in [0, 0.1) is 13.8 Å². The van der Waals surface area contributed by atoms with Gasteiger partial charge in [0.2, 0.25) is 17.7 Å². The van der Waals surface area contributed by atoms with E-state index in [1.54, 1.807) is 34.6 Å². The van der Waals surface area contributed by atoms with Gasteiger partial charge in [-0.25, -0.2) is 4.98 Å². The second-order valence-electron chi connectivity index (χ2n) is 8.09. The summed E-state index contributed by atoms with van der Waals surface area (Å²) in [7, 11) is 0. The van der Waals surface area contributed by atoms with E-state index in [2.05, 4.69) is 15.2 Å². The molecule has 1 fully saturated rings. The zero-order valence-electron chi connectivity index (χ0n) is 17.4. The first-order valence-electron chi connectivity index (χ1n) is 10.4. The van der Waals surface area contributed by atoms with Crippen molar-refractivity contribution in [2.24, 2.45) is 0 Å². The van der Waals surface area contributed by atoms with Crippen LogP contribution in [0.3, 0.4) is 0 Å². The molecule has 3 aromatic heterocycles. The second-order valence-corrected chi connectivity index (χ2v) is 9.85. The Balaban J connectivity index is 1.28. The molecular formula is C21H23N5O3S2. The van der Waals surface area contributed by atoms with E-state index in [9.17, 15) is 9.59 Å². The molecule has 0 spiro atoms. The molecule has 2 aliphatic heterocycles. The van der Waals surface area contributed by atoms with Crippen LogP contribution in [0.1, 0.15) is 48.4 Å². The zero-order chi connectivity index (χ0) is 21.5. The third-order valence-electron chi connectivity index (χ3n) is 6.06. The number of hydrogen-bond donors (Lipinski definition) is 0. The van der Waals surface area contributed by atoms with E-state index in [1.807, 2.05) is 28.7 Å². The second kappa shape index (κ2) is 8.23. The summed E-state index contributed by atoms with van der Waals surface area (Å²) in [6, 6.07) is 1.80. The highest BCUT2D eigenvalue weighted by atomic mass is 32.2. The molecule has 1 amide bonds. The molecule has 3 aromatic rings. The van der Waals surface area contributed by atoms with E-state index >= 15 is 0 Å². The Kier molecular flexibility index (Phi) is 5.43. The van der Waals surface area contributed by atoms with Crippen molar-refractivity contribution in [1.82, 2.24) is 24.6 Å². The number of thioether (sulfide) groups is 1. The lowest BCUT2D eigenvalue weighted by Gasteiger charge is -2.32. The number of fused-ring (bicyclic) bond motifs is 1. The molecule has 0 aromatic carbocycles. The van der Waals surface area contributed by atoms with Crippen LogP contribution < -0.4 is 5.56 Å². The standard InChI is InChI=1S/C21H23N5O3S2/c1-12-13(2)22-21-26(20(12)28)16(11-31-21)8-17(27)25-6-3-4-14(9-25)18-23-24-19(29-18)15-5-7-30-10-15/h5,7,10,14,16H,3-4,6,8-9,11H2,1-2H3/t14-,16-/m1/s1. The molecule has 2 atom stereocenters. The summed E-state index contributed by atoms with van der Waals surface area (Å²) in [5.74, 6) is 1.91. The number of rotatable bonds is 4. The van der Waals surface area contributed by atoms with E-state index in [0.717, 1.165) is 24.1 Å². The van der Waals surface area contributed by atoms with Gasteiger partial charge in [0.05, 0.1) is 12.0 Å². The van der Waals surface area contributed by atoms with Gasteiger partial charge in [0, 0.05) is 47.5 Å². The Labute approximate surface area is 187 Å². The van der Waals surface area contributed by atoms with Crippen LogP contribution >= 0.6 is 23.1 Å². The number of amides is 1. The van der Waals surface area contributed by atoms with Crippen molar-refractivity contribution in [2.75, 3.05) is 18.8 Å². The normalized spacial score (nSPS) is 20.8. The van der Waals surface area contributed by atoms with Crippen molar-refractivity contribution in [3.05, 3.63) is 44.3 Å². The Hall–Kier alpha value is -2.46. The maximum Gasteiger partial charge on any atom is 0.257 e. The molecule has 0 radical (unpaired) electrons. The molecule has 0 N–H and O–H groups in total. The first-order valence-corrected chi connectivity index (χ1v) is 12.3. The van der Waals surface area contributed by atoms with E-state index in [4.69, 9.17) is 4.42 Å². The fourth-order valence-electron chi connectivity index (χ4n) is 4.16. The quantitative estimate of drug-likeness (QED) is 0.554. The van der Waals surface area contributed by atoms with Gasteiger partial charge < -0.3 is 9.32 Å². The largest absolute Gasteiger partial charge is 0.420 e. The van der Waals surface area contributed by atoms with Gasteiger partial charge >= 0.3 is 0 Å². The molecule has 1 saturated heterocycles. The number of thiophene rings is 1. The number of hydrogen-bond acceptors (Lipinski definition) is 8. The molecule has 10 heteroatoms. The minimum atomic E-state index is -0.152. The van der Waals surface area contributed by atoms with Crippen molar-refractivity contribution in [3.8, 4) is 11.5 Å². The summed E-state index contributed by atoms with van der Waals surface area (Å²) >= 11 is 3.13. The Morgan fingerprint density at radius 1 is 1.32 bits per heavy atom. The first kappa shape index (κ1) is 20.4. The van der Waals surface area contributed by atoms with Crippen LogP contribution in [0.2, 0.25) is 0 Å². The molecule has 162 valence electrons. The van der Waals surface area contributed by atoms with E-state index in [-0.39, 0.29) is 23.4 Å². The van der Waals surface area contributed by atoms with E-state index in [0.29, 0.717) is 47.8 Å². The third kappa shape index (κ3) is 3.82. The van der Waals surface area contributed by atoms with Gasteiger partial charge in [0.25, 0.3) is 5.56 Å². The summed E-state index contributed by atoms with van der Waals surface area (Å²) in [5, 5.41) is 13.1. The van der Waals surface area contributed by atoms with Crippen molar-refractivity contribution in [3.63, 3.8) is 0 Å². The maximum absolute atomic E-state index is 13.1. The molecule has 5 rings (SSSR count). The monoisotopic (exact) mass is 457 g/mol. The maximum atomic E-state index is 13.1. The van der Waals surface area contributed by atoms with Crippen LogP contribution in [-0.2, 0) is 4.79 Å². The van der Waals surface area contributed by atoms with E-state index in [1.165, 1.54) is 0 Å². The predicted octanol–water partition coefficient (Wildman–Crippen LogP) is 3.41. The molecular weight excluding hydrogens is 434 g/mol. The fraction of sp³-hybridized carbons (Fsp3) is 0.476. The smallest absolute Gasteiger partial charge is 0.257 e. The van der Waals surface area contributed by atoms with Crippen LogP contribution in [0.25, 0.3) is 11.5 Å². The summed E-state index contributed by atoms with van der Waals surface area (Å²) < 4.78 is 7.61. The third-order valence-corrected chi connectivity index (χ3v) is 7.84. The molecule has 0 saturated carbocycles. The average molecular weight is 458 g/mol. The van der Waals surface area contributed by atoms with Crippen LogP contribution in [-0.4, -0.2) is 49.4 Å². The molecule has 0 bridgehead atoms. The zero-order valence-corrected chi connectivity index (χ0v) is 19.0. The van der Waals surface area contributed by atoms with E-state index < -0.39 is 0 Å². The average Bonchev–Trinajstić information content (AvgIpc) is 3.53. The van der Waals surface area contributed by atoms with Gasteiger partial charge in [-0.3, -0.25) is 14.2 Å². The number of piperidine rings is 1. The van der Waals surface area contributed by atoms with Gasteiger partial charge in [-0.2, -0.15) is 11.3 Å². The fourth-order valence-corrected chi connectivity index (χ4v) is 5.97. The van der Waals surface area contributed by atoms with Gasteiger partial charge in [-0.05, 0) is 38.1 Å². The first-order chi connectivity index (χ1) is 15.0. The molecule has 2 aliphatic rings. The Bertz CT molecular complexity index is 1170. The van der Waals surface area contributed by atoms with Crippen LogP contribution in [0.15, 0.2) is 31.2 Å². The highest BCUT2D eigenvalue weighted by Gasteiger charge is 2.33. The molecule has 8 nitrogen and oxygen atoms in total. The van der Waals surface area contributed by atoms with Crippen molar-refractivity contribution in [1.29, 1.82) is 0 Å². The lowest BCUT2D eigenvalue weighted by atomic mass is 9.97. The molecule has 5 heterocycles. The molecule has 0 unspecified atom stereocenters. The van der Waals surface area contributed by atoms with Crippen LogP contribution in [0.4, 0.5) is 0 Å². The lowest BCUT2D eigenvalue weighted by Crippen LogP contribution is -2.40. The lowest BCUT2D eigenvalue weighted by molar-refractivity contribution is -0.133. The highest BCUT2D eigenvalue weighted by molar-refractivity contribution is 7.99. The van der Waals surface area contributed by atoms with Crippen molar-refractivity contribution in [2.45, 2.75) is 50.2 Å². The van der Waals surface area contributed by atoms with Gasteiger partial charge in [-0.15, -0.1) is 10.2 Å². The SMILES string of the molecule is Cc1nc2n(c(=O)c1C)[C@H](CC(=O)N1CCC[C@@H](c3nnc(-c4ccsc4)o3)C1)CS2. The highest BCUT2D eigenvalue weighted by Crippen LogP contribution is 2.34. The summed E-state index contributed by atoms with van der Waals surface area (Å²) in [6.07, 6.45) is 2.11. The van der Waals surface area contributed by atoms with Gasteiger partial charge in [0.15, 0.2) is 5.16 Å². The van der Waals surface area contributed by atoms with Gasteiger partial charge in [0.1, 0.15) is 0 Å². The van der Waals surface area contributed by atoms with Crippen molar-refractivity contribution >= 4 is 29.0 Å². The Morgan fingerprint density at radius 2 is 2.19 bits per heavy atom. The summed E-state index contributed by atoms with van der Waals surface area (Å²) in [4.78, 5) is 32.3. The Morgan fingerprint density at radius 3 is 3.00 bits per heavy atom. The topological polar surface area (TPSA) is 94.1 Å². The predicted molar refractivity (Wildman–Crippen MR) is 119 cm³/mol. The molecule has 31 heavy (non-hydrogen) atoms. The summed E-state index contributed by atoms with van der Waals surface area (Å²) in [6.45, 7) is 4.93. The van der Waals surface area contributed by atoms with Gasteiger partial charge in [-0.1, -0.05) is 11.8 Å².